The minimum atomic E-state index is -0.00950. The second kappa shape index (κ2) is 7.69. The number of rotatable bonds is 6. The van der Waals surface area contributed by atoms with Crippen molar-refractivity contribution in [2.75, 3.05) is 7.05 Å². The minimum Gasteiger partial charge on any atom is -0.489 e. The second-order valence-electron chi connectivity index (χ2n) is 4.97. The fourth-order valence-electron chi connectivity index (χ4n) is 2.24. The van der Waals surface area contributed by atoms with E-state index in [-0.39, 0.29) is 12.1 Å². The van der Waals surface area contributed by atoms with Gasteiger partial charge in [-0.1, -0.05) is 47.5 Å². The van der Waals surface area contributed by atoms with Crippen LogP contribution in [-0.2, 0) is 6.42 Å². The van der Waals surface area contributed by atoms with Gasteiger partial charge in [0.2, 0.25) is 0 Å². The van der Waals surface area contributed by atoms with Gasteiger partial charge < -0.3 is 10.1 Å². The maximum atomic E-state index is 6.22. The van der Waals surface area contributed by atoms with E-state index in [1.807, 2.05) is 62.5 Å². The van der Waals surface area contributed by atoms with Gasteiger partial charge in [0, 0.05) is 16.1 Å². The molecular weight excluding hydrogens is 305 g/mol. The Morgan fingerprint density at radius 3 is 2.52 bits per heavy atom. The number of ether oxygens (including phenoxy) is 1. The molecule has 21 heavy (non-hydrogen) atoms. The standard InChI is InChI=1S/C17H19Cl2NO/c1-12(21-15-8-5-7-14(18)11-15)17(20-2)10-13-6-3-4-9-16(13)19/h3-9,11-12,17,20H,10H2,1-2H3. The summed E-state index contributed by atoms with van der Waals surface area (Å²) in [5, 5.41) is 4.75. The molecule has 0 bridgehead atoms. The molecule has 4 heteroatoms. The predicted molar refractivity (Wildman–Crippen MR) is 89.5 cm³/mol. The molecule has 0 aliphatic carbocycles. The van der Waals surface area contributed by atoms with E-state index in [9.17, 15) is 0 Å². The van der Waals surface area contributed by atoms with E-state index in [4.69, 9.17) is 27.9 Å². The van der Waals surface area contributed by atoms with Gasteiger partial charge in [-0.2, -0.15) is 0 Å². The Morgan fingerprint density at radius 1 is 1.10 bits per heavy atom. The Kier molecular flexibility index (Phi) is 5.92. The lowest BCUT2D eigenvalue weighted by Crippen LogP contribution is -2.41. The first-order chi connectivity index (χ1) is 10.1. The van der Waals surface area contributed by atoms with E-state index in [1.165, 1.54) is 0 Å². The van der Waals surface area contributed by atoms with E-state index >= 15 is 0 Å². The molecule has 0 heterocycles. The van der Waals surface area contributed by atoms with Crippen LogP contribution in [0.15, 0.2) is 48.5 Å². The molecule has 2 rings (SSSR count). The highest BCUT2D eigenvalue weighted by atomic mass is 35.5. The van der Waals surface area contributed by atoms with Crippen LogP contribution >= 0.6 is 23.2 Å². The molecule has 112 valence electrons. The largest absolute Gasteiger partial charge is 0.489 e. The van der Waals surface area contributed by atoms with Crippen LogP contribution in [0.1, 0.15) is 12.5 Å². The summed E-state index contributed by atoms with van der Waals surface area (Å²) in [6.45, 7) is 2.04. The first kappa shape index (κ1) is 16.2. The summed E-state index contributed by atoms with van der Waals surface area (Å²) >= 11 is 12.2. The third-order valence-electron chi connectivity index (χ3n) is 3.45. The van der Waals surface area contributed by atoms with E-state index in [2.05, 4.69) is 5.32 Å². The molecule has 0 radical (unpaired) electrons. The van der Waals surface area contributed by atoms with E-state index in [0.717, 1.165) is 22.8 Å². The van der Waals surface area contributed by atoms with Gasteiger partial charge in [-0.3, -0.25) is 0 Å². The van der Waals surface area contributed by atoms with Gasteiger partial charge in [0.25, 0.3) is 0 Å². The van der Waals surface area contributed by atoms with Crippen LogP contribution < -0.4 is 10.1 Å². The number of halogens is 2. The highest BCUT2D eigenvalue weighted by Gasteiger charge is 2.18. The number of hydrogen-bond donors (Lipinski definition) is 1. The quantitative estimate of drug-likeness (QED) is 0.839. The number of likely N-dealkylation sites (N-methyl/N-ethyl adjacent to an activating group) is 1. The molecule has 0 saturated heterocycles. The van der Waals surface area contributed by atoms with Crippen molar-refractivity contribution in [1.82, 2.24) is 5.32 Å². The lowest BCUT2D eigenvalue weighted by molar-refractivity contribution is 0.174. The van der Waals surface area contributed by atoms with Crippen molar-refractivity contribution in [3.8, 4) is 5.75 Å². The molecule has 2 unspecified atom stereocenters. The summed E-state index contributed by atoms with van der Waals surface area (Å²) < 4.78 is 5.97. The van der Waals surface area contributed by atoms with Crippen molar-refractivity contribution in [1.29, 1.82) is 0 Å². The summed E-state index contributed by atoms with van der Waals surface area (Å²) in [5.41, 5.74) is 1.11. The first-order valence-corrected chi connectivity index (χ1v) is 7.68. The van der Waals surface area contributed by atoms with E-state index in [0.29, 0.717) is 5.02 Å². The highest BCUT2D eigenvalue weighted by molar-refractivity contribution is 6.31. The van der Waals surface area contributed by atoms with E-state index in [1.54, 1.807) is 0 Å². The molecule has 1 N–H and O–H groups in total. The zero-order valence-corrected chi connectivity index (χ0v) is 13.7. The van der Waals surface area contributed by atoms with Crippen LogP contribution in [-0.4, -0.2) is 19.2 Å². The Labute approximate surface area is 136 Å². The zero-order chi connectivity index (χ0) is 15.2. The third-order valence-corrected chi connectivity index (χ3v) is 4.06. The van der Waals surface area contributed by atoms with Crippen LogP contribution in [0.2, 0.25) is 10.0 Å². The molecule has 2 aromatic carbocycles. The van der Waals surface area contributed by atoms with Crippen LogP contribution in [0.4, 0.5) is 0 Å². The van der Waals surface area contributed by atoms with Crippen molar-refractivity contribution in [2.24, 2.45) is 0 Å². The summed E-state index contributed by atoms with van der Waals surface area (Å²) in [7, 11) is 1.93. The Balaban J connectivity index is 2.05. The molecule has 2 aromatic rings. The van der Waals surface area contributed by atoms with Crippen molar-refractivity contribution in [3.63, 3.8) is 0 Å². The monoisotopic (exact) mass is 323 g/mol. The Hall–Kier alpha value is -1.22. The van der Waals surface area contributed by atoms with Crippen molar-refractivity contribution in [3.05, 3.63) is 64.1 Å². The topological polar surface area (TPSA) is 21.3 Å². The molecular formula is C17H19Cl2NO. The molecule has 0 saturated carbocycles. The Bertz CT molecular complexity index is 589. The maximum Gasteiger partial charge on any atom is 0.121 e. The Morgan fingerprint density at radius 2 is 1.86 bits per heavy atom. The second-order valence-corrected chi connectivity index (χ2v) is 5.81. The molecule has 0 aromatic heterocycles. The van der Waals surface area contributed by atoms with Gasteiger partial charge >= 0.3 is 0 Å². The maximum absolute atomic E-state index is 6.22. The van der Waals surface area contributed by atoms with Crippen molar-refractivity contribution >= 4 is 23.2 Å². The molecule has 0 aliphatic rings. The lowest BCUT2D eigenvalue weighted by atomic mass is 10.0. The van der Waals surface area contributed by atoms with Crippen LogP contribution in [0.25, 0.3) is 0 Å². The van der Waals surface area contributed by atoms with Gasteiger partial charge in [0.1, 0.15) is 11.9 Å². The average Bonchev–Trinajstić information content (AvgIpc) is 2.46. The van der Waals surface area contributed by atoms with Gasteiger partial charge in [-0.15, -0.1) is 0 Å². The SMILES string of the molecule is CNC(Cc1ccccc1Cl)C(C)Oc1cccc(Cl)c1. The van der Waals surface area contributed by atoms with Crippen molar-refractivity contribution in [2.45, 2.75) is 25.5 Å². The molecule has 2 atom stereocenters. The smallest absolute Gasteiger partial charge is 0.121 e. The fraction of sp³-hybridized carbons (Fsp3) is 0.294. The summed E-state index contributed by atoms with van der Waals surface area (Å²) in [4.78, 5) is 0. The van der Waals surface area contributed by atoms with Gasteiger partial charge in [-0.05, 0) is 50.2 Å². The highest BCUT2D eigenvalue weighted by Crippen LogP contribution is 2.21. The number of benzene rings is 2. The number of hydrogen-bond acceptors (Lipinski definition) is 2. The molecule has 0 aliphatic heterocycles. The minimum absolute atomic E-state index is 0.00950. The van der Waals surface area contributed by atoms with Gasteiger partial charge in [-0.25, -0.2) is 0 Å². The van der Waals surface area contributed by atoms with Gasteiger partial charge in [0.15, 0.2) is 0 Å². The zero-order valence-electron chi connectivity index (χ0n) is 12.1. The van der Waals surface area contributed by atoms with Gasteiger partial charge in [0.05, 0.1) is 0 Å². The summed E-state index contributed by atoms with van der Waals surface area (Å²) in [5.74, 6) is 0.773. The predicted octanol–water partition coefficient (Wildman–Crippen LogP) is 4.59. The molecule has 2 nitrogen and oxygen atoms in total. The van der Waals surface area contributed by atoms with Crippen LogP contribution in [0, 0.1) is 0 Å². The van der Waals surface area contributed by atoms with Crippen LogP contribution in [0.5, 0.6) is 5.75 Å². The number of nitrogens with one attached hydrogen (secondary N) is 1. The fourth-order valence-corrected chi connectivity index (χ4v) is 2.63. The lowest BCUT2D eigenvalue weighted by Gasteiger charge is -2.25. The van der Waals surface area contributed by atoms with E-state index < -0.39 is 0 Å². The molecule has 0 amide bonds. The summed E-state index contributed by atoms with van der Waals surface area (Å²) in [6.07, 6.45) is 0.794. The van der Waals surface area contributed by atoms with Crippen molar-refractivity contribution < 1.29 is 4.74 Å². The molecule has 0 fully saturated rings. The third kappa shape index (κ3) is 4.63. The summed E-state index contributed by atoms with van der Waals surface area (Å²) in [6, 6.07) is 15.5. The van der Waals surface area contributed by atoms with Crippen LogP contribution in [0.3, 0.4) is 0 Å². The normalized spacial score (nSPS) is 13.7. The molecule has 0 spiro atoms. The first-order valence-electron chi connectivity index (χ1n) is 6.93. The average molecular weight is 324 g/mol.